The van der Waals surface area contributed by atoms with E-state index in [0.717, 1.165) is 18.9 Å². The maximum Gasteiger partial charge on any atom is 0.304 e. The van der Waals surface area contributed by atoms with Crippen molar-refractivity contribution < 1.29 is 9.90 Å². The van der Waals surface area contributed by atoms with Crippen LogP contribution in [-0.4, -0.2) is 34.6 Å². The minimum Gasteiger partial charge on any atom is -0.481 e. The molecule has 2 rings (SSSR count). The second-order valence-corrected chi connectivity index (χ2v) is 6.45. The first-order valence-electron chi connectivity index (χ1n) is 8.18. The molecule has 1 aliphatic heterocycles. The van der Waals surface area contributed by atoms with Crippen molar-refractivity contribution in [1.82, 2.24) is 4.90 Å². The van der Waals surface area contributed by atoms with Crippen LogP contribution in [0.2, 0.25) is 0 Å². The van der Waals surface area contributed by atoms with Gasteiger partial charge in [0.05, 0.1) is 6.42 Å². The molecule has 3 atom stereocenters. The summed E-state index contributed by atoms with van der Waals surface area (Å²) in [4.78, 5) is 13.5. The Kier molecular flexibility index (Phi) is 5.68. The molecule has 1 saturated carbocycles. The highest BCUT2D eigenvalue weighted by molar-refractivity contribution is 5.67. The van der Waals surface area contributed by atoms with Crippen molar-refractivity contribution in [2.24, 2.45) is 5.92 Å². The van der Waals surface area contributed by atoms with Crippen molar-refractivity contribution in [3.63, 3.8) is 0 Å². The van der Waals surface area contributed by atoms with Gasteiger partial charge in [0.2, 0.25) is 0 Å². The second-order valence-electron chi connectivity index (χ2n) is 6.45. The minimum atomic E-state index is -0.630. The molecule has 3 nitrogen and oxygen atoms in total. The number of rotatable bonds is 5. The van der Waals surface area contributed by atoms with Gasteiger partial charge in [-0.1, -0.05) is 32.6 Å². The lowest BCUT2D eigenvalue weighted by atomic mass is 9.95. The van der Waals surface area contributed by atoms with Crippen LogP contribution in [0.1, 0.15) is 71.1 Å². The van der Waals surface area contributed by atoms with E-state index in [9.17, 15) is 4.79 Å². The molecule has 1 N–H and O–H groups in total. The highest BCUT2D eigenvalue weighted by atomic mass is 16.4. The molecule has 1 aliphatic carbocycles. The minimum absolute atomic E-state index is 0.310. The van der Waals surface area contributed by atoms with E-state index in [0.29, 0.717) is 18.5 Å². The number of hydrogen-bond donors (Lipinski definition) is 1. The van der Waals surface area contributed by atoms with Crippen molar-refractivity contribution in [2.75, 3.05) is 6.54 Å². The fraction of sp³-hybridized carbons (Fsp3) is 0.938. The highest BCUT2D eigenvalue weighted by Crippen LogP contribution is 2.33. The van der Waals surface area contributed by atoms with E-state index in [1.807, 2.05) is 0 Å². The Bertz CT molecular complexity index is 292. The van der Waals surface area contributed by atoms with Crippen molar-refractivity contribution >= 4 is 5.97 Å². The van der Waals surface area contributed by atoms with Gasteiger partial charge in [0.25, 0.3) is 0 Å². The lowest BCUT2D eigenvalue weighted by Gasteiger charge is -2.32. The summed E-state index contributed by atoms with van der Waals surface area (Å²) in [6, 6.07) is 0.971. The van der Waals surface area contributed by atoms with Crippen molar-refractivity contribution in [2.45, 2.75) is 83.2 Å². The van der Waals surface area contributed by atoms with E-state index in [1.54, 1.807) is 0 Å². The van der Waals surface area contributed by atoms with Gasteiger partial charge in [-0.2, -0.15) is 0 Å². The highest BCUT2D eigenvalue weighted by Gasteiger charge is 2.32. The number of hydrogen-bond acceptors (Lipinski definition) is 2. The lowest BCUT2D eigenvalue weighted by Crippen LogP contribution is -2.39. The Labute approximate surface area is 117 Å². The molecule has 3 unspecified atom stereocenters. The zero-order valence-corrected chi connectivity index (χ0v) is 12.3. The van der Waals surface area contributed by atoms with Crippen LogP contribution in [0.25, 0.3) is 0 Å². The number of carboxylic acids is 1. The third kappa shape index (κ3) is 4.20. The molecule has 110 valence electrons. The molecule has 3 heteroatoms. The zero-order valence-electron chi connectivity index (χ0n) is 12.3. The molecule has 0 radical (unpaired) electrons. The molecule has 0 aromatic rings. The first-order valence-corrected chi connectivity index (χ1v) is 8.18. The maximum absolute atomic E-state index is 11.0. The molecule has 0 bridgehead atoms. The van der Waals surface area contributed by atoms with Crippen molar-refractivity contribution in [3.05, 3.63) is 0 Å². The van der Waals surface area contributed by atoms with Gasteiger partial charge in [-0.05, 0) is 44.6 Å². The predicted molar refractivity (Wildman–Crippen MR) is 77.3 cm³/mol. The average molecular weight is 267 g/mol. The summed E-state index contributed by atoms with van der Waals surface area (Å²) in [6.07, 6.45) is 12.0. The fourth-order valence-corrected chi connectivity index (χ4v) is 4.15. The van der Waals surface area contributed by atoms with E-state index in [-0.39, 0.29) is 0 Å². The average Bonchev–Trinajstić information content (AvgIpc) is 2.68. The number of aliphatic carboxylic acids is 1. The van der Waals surface area contributed by atoms with Crippen LogP contribution in [0, 0.1) is 5.92 Å². The van der Waals surface area contributed by atoms with Gasteiger partial charge in [-0.25, -0.2) is 0 Å². The fourth-order valence-electron chi connectivity index (χ4n) is 4.15. The summed E-state index contributed by atoms with van der Waals surface area (Å²) < 4.78 is 0. The molecule has 2 fully saturated rings. The molecule has 0 aromatic heterocycles. The number of likely N-dealkylation sites (tertiary alicyclic amines) is 1. The molecular weight excluding hydrogens is 238 g/mol. The van der Waals surface area contributed by atoms with Crippen LogP contribution in [0.4, 0.5) is 0 Å². The summed E-state index contributed by atoms with van der Waals surface area (Å²) in [6.45, 7) is 3.41. The predicted octanol–water partition coefficient (Wildman–Crippen LogP) is 3.67. The van der Waals surface area contributed by atoms with Gasteiger partial charge in [0, 0.05) is 12.1 Å². The van der Waals surface area contributed by atoms with E-state index in [1.165, 1.54) is 51.4 Å². The van der Waals surface area contributed by atoms with Crippen molar-refractivity contribution in [1.29, 1.82) is 0 Å². The SMILES string of the molecule is CCCC1CCCC(N2CCCC2CC(=O)O)CC1. The Hall–Kier alpha value is -0.570. The van der Waals surface area contributed by atoms with E-state index in [4.69, 9.17) is 5.11 Å². The maximum atomic E-state index is 11.0. The summed E-state index contributed by atoms with van der Waals surface area (Å²) >= 11 is 0. The van der Waals surface area contributed by atoms with Crippen LogP contribution in [0.15, 0.2) is 0 Å². The molecule has 0 aromatic carbocycles. The summed E-state index contributed by atoms with van der Waals surface area (Å²) in [7, 11) is 0. The van der Waals surface area contributed by atoms with Crippen LogP contribution < -0.4 is 0 Å². The Morgan fingerprint density at radius 2 is 2.00 bits per heavy atom. The van der Waals surface area contributed by atoms with E-state index < -0.39 is 5.97 Å². The Morgan fingerprint density at radius 1 is 1.16 bits per heavy atom. The third-order valence-corrected chi connectivity index (χ3v) is 5.06. The summed E-state index contributed by atoms with van der Waals surface area (Å²) in [5.74, 6) is 0.296. The topological polar surface area (TPSA) is 40.5 Å². The van der Waals surface area contributed by atoms with Gasteiger partial charge in [-0.3, -0.25) is 9.69 Å². The summed E-state index contributed by atoms with van der Waals surface area (Å²) in [5.41, 5.74) is 0. The molecule has 1 saturated heterocycles. The monoisotopic (exact) mass is 267 g/mol. The molecular formula is C16H29NO2. The van der Waals surface area contributed by atoms with Gasteiger partial charge >= 0.3 is 5.97 Å². The van der Waals surface area contributed by atoms with Gasteiger partial charge in [0.1, 0.15) is 0 Å². The van der Waals surface area contributed by atoms with Crippen LogP contribution in [-0.2, 0) is 4.79 Å². The van der Waals surface area contributed by atoms with Gasteiger partial charge < -0.3 is 5.11 Å². The molecule has 1 heterocycles. The molecule has 19 heavy (non-hydrogen) atoms. The van der Waals surface area contributed by atoms with E-state index >= 15 is 0 Å². The lowest BCUT2D eigenvalue weighted by molar-refractivity contribution is -0.138. The second kappa shape index (κ2) is 7.28. The number of nitrogens with zero attached hydrogens (tertiary/aromatic N) is 1. The standard InChI is InChI=1S/C16H29NO2/c1-2-5-13-6-3-7-14(10-9-13)17-11-4-8-15(17)12-16(18)19/h13-15H,2-12H2,1H3,(H,18,19). The van der Waals surface area contributed by atoms with Gasteiger partial charge in [0.15, 0.2) is 0 Å². The summed E-state index contributed by atoms with van der Waals surface area (Å²) in [5, 5.41) is 9.03. The smallest absolute Gasteiger partial charge is 0.304 e. The molecule has 0 amide bonds. The third-order valence-electron chi connectivity index (χ3n) is 5.06. The normalized spacial score (nSPS) is 33.2. The molecule has 0 spiro atoms. The van der Waals surface area contributed by atoms with Gasteiger partial charge in [-0.15, -0.1) is 0 Å². The number of carbonyl (C=O) groups is 1. The van der Waals surface area contributed by atoms with Crippen LogP contribution in [0.3, 0.4) is 0 Å². The van der Waals surface area contributed by atoms with E-state index in [2.05, 4.69) is 11.8 Å². The Morgan fingerprint density at radius 3 is 2.74 bits per heavy atom. The van der Waals surface area contributed by atoms with Crippen molar-refractivity contribution in [3.8, 4) is 0 Å². The first kappa shape index (κ1) is 14.8. The quantitative estimate of drug-likeness (QED) is 0.773. The number of carboxylic acid groups (broad SMARTS) is 1. The van der Waals surface area contributed by atoms with Crippen LogP contribution in [0.5, 0.6) is 0 Å². The first-order chi connectivity index (χ1) is 9.20. The van der Waals surface area contributed by atoms with Crippen LogP contribution >= 0.6 is 0 Å². The Balaban J connectivity index is 1.88. The molecule has 2 aliphatic rings. The zero-order chi connectivity index (χ0) is 13.7. The largest absolute Gasteiger partial charge is 0.481 e.